The predicted octanol–water partition coefficient (Wildman–Crippen LogP) is 2.93. The number of phenols is 1. The van der Waals surface area contributed by atoms with Gasteiger partial charge in [0.15, 0.2) is 0 Å². The van der Waals surface area contributed by atoms with Crippen LogP contribution in [0.25, 0.3) is 0 Å². The van der Waals surface area contributed by atoms with E-state index < -0.39 is 0 Å². The lowest BCUT2D eigenvalue weighted by Gasteiger charge is -2.14. The lowest BCUT2D eigenvalue weighted by Crippen LogP contribution is -2.26. The summed E-state index contributed by atoms with van der Waals surface area (Å²) >= 11 is 5.72. The van der Waals surface area contributed by atoms with Crippen molar-refractivity contribution < 1.29 is 9.90 Å². The minimum atomic E-state index is -0.356. The first-order valence-electron chi connectivity index (χ1n) is 5.77. The Hall–Kier alpha value is -2.07. The number of nitrogens with zero attached hydrogens (tertiary/aromatic N) is 1. The number of carbonyl (C=O) groups excluding carboxylic acids is 1. The number of carbonyl (C=O) groups is 1. The Balaban J connectivity index is 2.13. The molecule has 1 atom stereocenters. The summed E-state index contributed by atoms with van der Waals surface area (Å²) in [7, 11) is 0. The van der Waals surface area contributed by atoms with Crippen molar-refractivity contribution in [2.45, 2.75) is 13.0 Å². The van der Waals surface area contributed by atoms with Gasteiger partial charge in [0.25, 0.3) is 5.91 Å². The van der Waals surface area contributed by atoms with Gasteiger partial charge in [0.1, 0.15) is 5.75 Å². The van der Waals surface area contributed by atoms with Crippen LogP contribution in [-0.4, -0.2) is 16.0 Å². The number of halogens is 1. The lowest BCUT2D eigenvalue weighted by molar-refractivity contribution is 0.0937. The average Bonchev–Trinajstić information content (AvgIpc) is 2.39. The molecule has 1 unspecified atom stereocenters. The predicted molar refractivity (Wildman–Crippen MR) is 73.2 cm³/mol. The third kappa shape index (κ3) is 3.23. The molecule has 0 saturated carbocycles. The third-order valence-corrected chi connectivity index (χ3v) is 2.97. The molecule has 1 heterocycles. The smallest absolute Gasteiger partial charge is 0.255 e. The fraction of sp³-hybridized carbons (Fsp3) is 0.143. The quantitative estimate of drug-likeness (QED) is 0.906. The summed E-state index contributed by atoms with van der Waals surface area (Å²) in [4.78, 5) is 16.0. The van der Waals surface area contributed by atoms with Crippen LogP contribution in [-0.2, 0) is 0 Å². The molecule has 0 aliphatic rings. The van der Waals surface area contributed by atoms with E-state index in [9.17, 15) is 9.90 Å². The summed E-state index contributed by atoms with van der Waals surface area (Å²) in [5.41, 5.74) is 1.09. The van der Waals surface area contributed by atoms with Gasteiger partial charge in [-0.15, -0.1) is 0 Å². The number of aromatic hydroxyl groups is 1. The largest absolute Gasteiger partial charge is 0.507 e. The van der Waals surface area contributed by atoms with Gasteiger partial charge >= 0.3 is 0 Å². The molecule has 2 rings (SSSR count). The van der Waals surface area contributed by atoms with E-state index >= 15 is 0 Å². The van der Waals surface area contributed by atoms with Crippen molar-refractivity contribution in [3.05, 3.63) is 58.9 Å². The maximum atomic E-state index is 12.0. The van der Waals surface area contributed by atoms with Crippen LogP contribution >= 0.6 is 11.6 Å². The van der Waals surface area contributed by atoms with Crippen molar-refractivity contribution in [3.8, 4) is 5.75 Å². The number of benzene rings is 1. The molecule has 0 aliphatic heterocycles. The highest BCUT2D eigenvalue weighted by atomic mass is 35.5. The second kappa shape index (κ2) is 5.71. The van der Waals surface area contributed by atoms with Crippen molar-refractivity contribution in [2.24, 2.45) is 0 Å². The highest BCUT2D eigenvalue weighted by Crippen LogP contribution is 2.22. The normalized spacial score (nSPS) is 11.9. The van der Waals surface area contributed by atoms with E-state index in [1.165, 1.54) is 12.1 Å². The van der Waals surface area contributed by atoms with Crippen LogP contribution in [0.4, 0.5) is 0 Å². The Labute approximate surface area is 116 Å². The molecule has 0 saturated heterocycles. The molecule has 1 amide bonds. The van der Waals surface area contributed by atoms with E-state index in [0.29, 0.717) is 5.02 Å². The zero-order valence-electron chi connectivity index (χ0n) is 10.3. The number of amides is 1. The van der Waals surface area contributed by atoms with Crippen molar-refractivity contribution in [1.29, 1.82) is 0 Å². The van der Waals surface area contributed by atoms with E-state index in [0.717, 1.165) is 5.56 Å². The molecule has 98 valence electrons. The Kier molecular flexibility index (Phi) is 4.02. The molecular formula is C14H13ClN2O2. The third-order valence-electron chi connectivity index (χ3n) is 2.74. The van der Waals surface area contributed by atoms with Crippen LogP contribution in [0.1, 0.15) is 28.9 Å². The molecule has 4 nitrogen and oxygen atoms in total. The Morgan fingerprint density at radius 3 is 2.84 bits per heavy atom. The standard InChI is InChI=1S/C14H13ClN2O2/c1-9(10-3-2-6-16-8-10)17-14(19)12-5-4-11(15)7-13(12)18/h2-9,18H,1H3,(H,17,19). The fourth-order valence-corrected chi connectivity index (χ4v) is 1.85. The van der Waals surface area contributed by atoms with E-state index in [2.05, 4.69) is 10.3 Å². The number of aromatic nitrogens is 1. The van der Waals surface area contributed by atoms with Gasteiger partial charge in [0.2, 0.25) is 0 Å². The Morgan fingerprint density at radius 2 is 2.21 bits per heavy atom. The van der Waals surface area contributed by atoms with Crippen molar-refractivity contribution in [1.82, 2.24) is 10.3 Å². The number of nitrogens with one attached hydrogen (secondary N) is 1. The van der Waals surface area contributed by atoms with E-state index in [1.54, 1.807) is 24.5 Å². The van der Waals surface area contributed by atoms with Crippen LogP contribution < -0.4 is 5.32 Å². The molecule has 0 fully saturated rings. The lowest BCUT2D eigenvalue weighted by atomic mass is 10.1. The van der Waals surface area contributed by atoms with Crippen LogP contribution in [0.15, 0.2) is 42.7 Å². The number of hydrogen-bond acceptors (Lipinski definition) is 3. The second-order valence-electron chi connectivity index (χ2n) is 4.14. The summed E-state index contributed by atoms with van der Waals surface area (Å²) in [5.74, 6) is -0.492. The van der Waals surface area contributed by atoms with Crippen LogP contribution in [0.2, 0.25) is 5.02 Å². The Bertz CT molecular complexity index is 587. The molecule has 0 aliphatic carbocycles. The molecule has 0 bridgehead atoms. The van der Waals surface area contributed by atoms with E-state index in [4.69, 9.17) is 11.6 Å². The number of hydrogen-bond donors (Lipinski definition) is 2. The topological polar surface area (TPSA) is 62.2 Å². The van der Waals surface area contributed by atoms with Crippen molar-refractivity contribution in [2.75, 3.05) is 0 Å². The van der Waals surface area contributed by atoms with Gasteiger partial charge in [-0.1, -0.05) is 17.7 Å². The summed E-state index contributed by atoms with van der Waals surface area (Å²) in [6.45, 7) is 1.85. The minimum Gasteiger partial charge on any atom is -0.507 e. The van der Waals surface area contributed by atoms with E-state index in [1.807, 2.05) is 13.0 Å². The van der Waals surface area contributed by atoms with Gasteiger partial charge in [-0.05, 0) is 36.8 Å². The van der Waals surface area contributed by atoms with Crippen LogP contribution in [0, 0.1) is 0 Å². The number of phenolic OH excluding ortho intramolecular Hbond substituents is 1. The zero-order valence-corrected chi connectivity index (χ0v) is 11.1. The molecule has 2 N–H and O–H groups in total. The van der Waals surface area contributed by atoms with Crippen LogP contribution in [0.3, 0.4) is 0 Å². The molecule has 2 aromatic rings. The first-order valence-corrected chi connectivity index (χ1v) is 6.15. The molecule has 0 spiro atoms. The number of rotatable bonds is 3. The molecular weight excluding hydrogens is 264 g/mol. The van der Waals surface area contributed by atoms with Crippen molar-refractivity contribution in [3.63, 3.8) is 0 Å². The first kappa shape index (κ1) is 13.4. The maximum Gasteiger partial charge on any atom is 0.255 e. The minimum absolute atomic E-state index is 0.136. The van der Waals surface area contributed by atoms with E-state index in [-0.39, 0.29) is 23.3 Å². The second-order valence-corrected chi connectivity index (χ2v) is 4.58. The molecule has 0 radical (unpaired) electrons. The first-order chi connectivity index (χ1) is 9.08. The average molecular weight is 277 g/mol. The van der Waals surface area contributed by atoms with Crippen LogP contribution in [0.5, 0.6) is 5.75 Å². The maximum absolute atomic E-state index is 12.0. The highest BCUT2D eigenvalue weighted by Gasteiger charge is 2.14. The molecule has 1 aromatic carbocycles. The van der Waals surface area contributed by atoms with Gasteiger partial charge in [0, 0.05) is 17.4 Å². The fourth-order valence-electron chi connectivity index (χ4n) is 1.69. The van der Waals surface area contributed by atoms with Gasteiger partial charge < -0.3 is 10.4 Å². The number of pyridine rings is 1. The summed E-state index contributed by atoms with van der Waals surface area (Å²) in [5, 5.41) is 12.9. The monoisotopic (exact) mass is 276 g/mol. The summed E-state index contributed by atoms with van der Waals surface area (Å²) in [6, 6.07) is 7.87. The molecule has 19 heavy (non-hydrogen) atoms. The van der Waals surface area contributed by atoms with Gasteiger partial charge in [0.05, 0.1) is 11.6 Å². The molecule has 5 heteroatoms. The van der Waals surface area contributed by atoms with Gasteiger partial charge in [-0.3, -0.25) is 9.78 Å². The molecule has 1 aromatic heterocycles. The van der Waals surface area contributed by atoms with Crippen molar-refractivity contribution >= 4 is 17.5 Å². The van der Waals surface area contributed by atoms with Gasteiger partial charge in [-0.25, -0.2) is 0 Å². The highest BCUT2D eigenvalue weighted by molar-refractivity contribution is 6.30. The zero-order chi connectivity index (χ0) is 13.8. The summed E-state index contributed by atoms with van der Waals surface area (Å²) in [6.07, 6.45) is 3.36. The summed E-state index contributed by atoms with van der Waals surface area (Å²) < 4.78 is 0. The Morgan fingerprint density at radius 1 is 1.42 bits per heavy atom. The SMILES string of the molecule is CC(NC(=O)c1ccc(Cl)cc1O)c1cccnc1. The van der Waals surface area contributed by atoms with Gasteiger partial charge in [-0.2, -0.15) is 0 Å².